The van der Waals surface area contributed by atoms with Gasteiger partial charge >= 0.3 is 0 Å². The third-order valence-electron chi connectivity index (χ3n) is 5.70. The Morgan fingerprint density at radius 3 is 1.95 bits per heavy atom. The van der Waals surface area contributed by atoms with Crippen molar-refractivity contribution in [2.24, 2.45) is 0 Å². The molecule has 4 rings (SSSR count). The van der Waals surface area contributed by atoms with Gasteiger partial charge in [0.2, 0.25) is 10.0 Å². The van der Waals surface area contributed by atoms with Crippen LogP contribution in [-0.4, -0.2) is 26.5 Å². The van der Waals surface area contributed by atoms with Gasteiger partial charge in [-0.05, 0) is 47.5 Å². The average molecular weight is 514 g/mol. The van der Waals surface area contributed by atoms with E-state index in [0.29, 0.717) is 29.0 Å². The first-order chi connectivity index (χ1) is 17.8. The van der Waals surface area contributed by atoms with E-state index < -0.39 is 10.0 Å². The van der Waals surface area contributed by atoms with E-state index in [2.05, 4.69) is 10.6 Å². The minimum Gasteiger partial charge on any atom is -0.348 e. The van der Waals surface area contributed by atoms with Crippen molar-refractivity contribution in [3.8, 4) is 0 Å². The maximum Gasteiger partial charge on any atom is 0.255 e. The maximum atomic E-state index is 12.9. The number of amides is 2. The number of anilines is 2. The Hall–Kier alpha value is -4.43. The summed E-state index contributed by atoms with van der Waals surface area (Å²) in [6, 6.07) is 31.9. The highest BCUT2D eigenvalue weighted by Crippen LogP contribution is 2.21. The second-order valence-corrected chi connectivity index (χ2v) is 10.4. The SMILES string of the molecule is CS(=O)(=O)N(Cc1ccc(C(=O)Nc2ccccc2C(=O)NCc2ccccc2)cc1)c1ccccc1. The molecule has 0 unspecified atom stereocenters. The lowest BCUT2D eigenvalue weighted by Gasteiger charge is -2.22. The van der Waals surface area contributed by atoms with Crippen LogP contribution in [0.1, 0.15) is 31.8 Å². The van der Waals surface area contributed by atoms with E-state index in [0.717, 1.165) is 17.4 Å². The molecule has 0 radical (unpaired) electrons. The number of nitrogens with zero attached hydrogens (tertiary/aromatic N) is 1. The first-order valence-corrected chi connectivity index (χ1v) is 13.5. The van der Waals surface area contributed by atoms with Gasteiger partial charge < -0.3 is 10.6 Å². The van der Waals surface area contributed by atoms with Crippen molar-refractivity contribution in [1.82, 2.24) is 5.32 Å². The minimum absolute atomic E-state index is 0.134. The second kappa shape index (κ2) is 11.5. The van der Waals surface area contributed by atoms with Gasteiger partial charge in [0.15, 0.2) is 0 Å². The van der Waals surface area contributed by atoms with Crippen molar-refractivity contribution in [3.63, 3.8) is 0 Å². The topological polar surface area (TPSA) is 95.6 Å². The maximum absolute atomic E-state index is 12.9. The van der Waals surface area contributed by atoms with E-state index in [1.165, 1.54) is 4.31 Å². The van der Waals surface area contributed by atoms with Gasteiger partial charge in [-0.2, -0.15) is 0 Å². The number of rotatable bonds is 9. The first kappa shape index (κ1) is 25.7. The van der Waals surface area contributed by atoms with E-state index in [1.54, 1.807) is 72.8 Å². The summed E-state index contributed by atoms with van der Waals surface area (Å²) in [6.07, 6.45) is 1.16. The highest BCUT2D eigenvalue weighted by atomic mass is 32.2. The summed E-state index contributed by atoms with van der Waals surface area (Å²) in [7, 11) is -3.50. The molecule has 8 heteroatoms. The smallest absolute Gasteiger partial charge is 0.255 e. The molecule has 0 saturated carbocycles. The predicted molar refractivity (Wildman–Crippen MR) is 146 cm³/mol. The molecule has 2 N–H and O–H groups in total. The number of hydrogen-bond donors (Lipinski definition) is 2. The van der Waals surface area contributed by atoms with E-state index in [4.69, 9.17) is 0 Å². The number of nitrogens with one attached hydrogen (secondary N) is 2. The molecule has 2 amide bonds. The van der Waals surface area contributed by atoms with Crippen molar-refractivity contribution >= 4 is 33.2 Å². The largest absolute Gasteiger partial charge is 0.348 e. The van der Waals surface area contributed by atoms with E-state index in [9.17, 15) is 18.0 Å². The molecular formula is C29H27N3O4S. The summed E-state index contributed by atoms with van der Waals surface area (Å²) in [5.74, 6) is -0.672. The van der Waals surface area contributed by atoms with Crippen molar-refractivity contribution in [3.05, 3.63) is 131 Å². The number of para-hydroxylation sites is 2. The molecule has 37 heavy (non-hydrogen) atoms. The molecule has 4 aromatic carbocycles. The first-order valence-electron chi connectivity index (χ1n) is 11.7. The molecule has 0 aliphatic carbocycles. The fraction of sp³-hybridized carbons (Fsp3) is 0.103. The second-order valence-electron chi connectivity index (χ2n) is 8.47. The Morgan fingerprint density at radius 2 is 1.30 bits per heavy atom. The van der Waals surface area contributed by atoms with Gasteiger partial charge in [-0.1, -0.05) is 72.8 Å². The lowest BCUT2D eigenvalue weighted by atomic mass is 10.1. The Morgan fingerprint density at radius 1 is 0.703 bits per heavy atom. The predicted octanol–water partition coefficient (Wildman–Crippen LogP) is 4.84. The van der Waals surface area contributed by atoms with Crippen LogP contribution in [0.4, 0.5) is 11.4 Å². The zero-order valence-electron chi connectivity index (χ0n) is 20.3. The van der Waals surface area contributed by atoms with Crippen LogP contribution in [0, 0.1) is 0 Å². The third-order valence-corrected chi connectivity index (χ3v) is 6.84. The Kier molecular flexibility index (Phi) is 8.00. The monoisotopic (exact) mass is 513 g/mol. The third kappa shape index (κ3) is 6.83. The standard InChI is InChI=1S/C29H27N3O4S/c1-37(35,36)32(25-12-6-3-7-13-25)21-23-16-18-24(19-17-23)28(33)31-27-15-9-8-14-26(27)29(34)30-20-22-10-4-2-5-11-22/h2-19H,20-21H2,1H3,(H,30,34)(H,31,33). The zero-order chi connectivity index (χ0) is 26.3. The van der Waals surface area contributed by atoms with Crippen LogP contribution >= 0.6 is 0 Å². The lowest BCUT2D eigenvalue weighted by molar-refractivity contribution is 0.0951. The van der Waals surface area contributed by atoms with Gasteiger partial charge in [-0.25, -0.2) is 8.42 Å². The molecule has 0 fully saturated rings. The molecule has 0 aliphatic rings. The van der Waals surface area contributed by atoms with Crippen LogP contribution < -0.4 is 14.9 Å². The van der Waals surface area contributed by atoms with Gasteiger partial charge in [0, 0.05) is 12.1 Å². The number of carbonyl (C=O) groups is 2. The summed E-state index contributed by atoms with van der Waals surface area (Å²) < 4.78 is 26.0. The van der Waals surface area contributed by atoms with Crippen molar-refractivity contribution in [1.29, 1.82) is 0 Å². The van der Waals surface area contributed by atoms with Crippen LogP contribution in [0.2, 0.25) is 0 Å². The van der Waals surface area contributed by atoms with E-state index >= 15 is 0 Å². The highest BCUT2D eigenvalue weighted by Gasteiger charge is 2.18. The van der Waals surface area contributed by atoms with Gasteiger partial charge in [-0.15, -0.1) is 0 Å². The van der Waals surface area contributed by atoms with Gasteiger partial charge in [0.25, 0.3) is 11.8 Å². The number of benzene rings is 4. The van der Waals surface area contributed by atoms with Gasteiger partial charge in [-0.3, -0.25) is 13.9 Å². The van der Waals surface area contributed by atoms with Crippen LogP contribution in [0.3, 0.4) is 0 Å². The van der Waals surface area contributed by atoms with Crippen LogP contribution in [0.15, 0.2) is 109 Å². The molecule has 0 aliphatic heterocycles. The normalized spacial score (nSPS) is 10.9. The molecule has 0 heterocycles. The average Bonchev–Trinajstić information content (AvgIpc) is 2.91. The summed E-state index contributed by atoms with van der Waals surface area (Å²) in [5, 5.41) is 5.69. The summed E-state index contributed by atoms with van der Waals surface area (Å²) in [6.45, 7) is 0.506. The minimum atomic E-state index is -3.50. The highest BCUT2D eigenvalue weighted by molar-refractivity contribution is 7.92. The summed E-state index contributed by atoms with van der Waals surface area (Å²) in [5.41, 5.74) is 3.40. The molecule has 0 saturated heterocycles. The Bertz CT molecular complexity index is 1470. The summed E-state index contributed by atoms with van der Waals surface area (Å²) >= 11 is 0. The zero-order valence-corrected chi connectivity index (χ0v) is 21.1. The molecule has 0 aromatic heterocycles. The molecule has 0 atom stereocenters. The molecule has 4 aromatic rings. The van der Waals surface area contributed by atoms with Crippen LogP contribution in [0.5, 0.6) is 0 Å². The number of carbonyl (C=O) groups excluding carboxylic acids is 2. The Balaban J connectivity index is 1.44. The number of hydrogen-bond acceptors (Lipinski definition) is 4. The quantitative estimate of drug-likeness (QED) is 0.335. The molecule has 7 nitrogen and oxygen atoms in total. The molecule has 0 bridgehead atoms. The summed E-state index contributed by atoms with van der Waals surface area (Å²) in [4.78, 5) is 25.7. The van der Waals surface area contributed by atoms with E-state index in [1.807, 2.05) is 36.4 Å². The van der Waals surface area contributed by atoms with Crippen molar-refractivity contribution < 1.29 is 18.0 Å². The van der Waals surface area contributed by atoms with E-state index in [-0.39, 0.29) is 18.4 Å². The molecule has 0 spiro atoms. The van der Waals surface area contributed by atoms with Crippen LogP contribution in [-0.2, 0) is 23.1 Å². The molecule has 188 valence electrons. The lowest BCUT2D eigenvalue weighted by Crippen LogP contribution is -2.29. The van der Waals surface area contributed by atoms with Crippen molar-refractivity contribution in [2.75, 3.05) is 15.9 Å². The number of sulfonamides is 1. The fourth-order valence-corrected chi connectivity index (χ4v) is 4.67. The van der Waals surface area contributed by atoms with Gasteiger partial charge in [0.05, 0.1) is 29.7 Å². The molecular weight excluding hydrogens is 486 g/mol. The fourth-order valence-electron chi connectivity index (χ4n) is 3.78. The van der Waals surface area contributed by atoms with Gasteiger partial charge in [0.1, 0.15) is 0 Å². The Labute approximate surface area is 216 Å². The van der Waals surface area contributed by atoms with Crippen molar-refractivity contribution in [2.45, 2.75) is 13.1 Å². The van der Waals surface area contributed by atoms with Crippen LogP contribution in [0.25, 0.3) is 0 Å².